The minimum absolute atomic E-state index is 0.204. The number of aliphatic carboxylic acids is 1. The van der Waals surface area contributed by atoms with Crippen molar-refractivity contribution in [3.05, 3.63) is 77.1 Å². The Balaban J connectivity index is 0.000000655. The van der Waals surface area contributed by atoms with Crippen molar-refractivity contribution >= 4 is 27.8 Å². The summed E-state index contributed by atoms with van der Waals surface area (Å²) in [6, 6.07) is 18.9. The van der Waals surface area contributed by atoms with E-state index in [-0.39, 0.29) is 17.4 Å². The van der Waals surface area contributed by atoms with Crippen LogP contribution in [-0.2, 0) is 11.8 Å². The van der Waals surface area contributed by atoms with Gasteiger partial charge < -0.3 is 20.0 Å². The van der Waals surface area contributed by atoms with Crippen molar-refractivity contribution < 1.29 is 9.90 Å². The number of benzene rings is 2. The van der Waals surface area contributed by atoms with E-state index < -0.39 is 5.97 Å². The number of aryl methyl sites for hydroxylation is 1. The number of fused-ring (bicyclic) bond motifs is 2. The van der Waals surface area contributed by atoms with Crippen LogP contribution in [0.3, 0.4) is 0 Å². The van der Waals surface area contributed by atoms with Gasteiger partial charge in [-0.2, -0.15) is 5.26 Å². The molecule has 0 bridgehead atoms. The largest absolute Gasteiger partial charge is 0.481 e. The Labute approximate surface area is 213 Å². The van der Waals surface area contributed by atoms with Crippen molar-refractivity contribution in [1.82, 2.24) is 18.7 Å². The molecule has 2 unspecified atom stereocenters. The molecule has 1 saturated carbocycles. The molecule has 5 aromatic rings. The number of nitrogens with one attached hydrogen (secondary N) is 1. The van der Waals surface area contributed by atoms with Crippen molar-refractivity contribution in [2.24, 2.45) is 12.8 Å². The van der Waals surface area contributed by atoms with Gasteiger partial charge in [-0.1, -0.05) is 36.4 Å². The van der Waals surface area contributed by atoms with Crippen molar-refractivity contribution in [3.63, 3.8) is 0 Å². The summed E-state index contributed by atoms with van der Waals surface area (Å²) >= 11 is 0. The Morgan fingerprint density at radius 2 is 1.73 bits per heavy atom. The number of para-hydroxylation sites is 2. The van der Waals surface area contributed by atoms with E-state index in [9.17, 15) is 10.1 Å². The number of hydrogen-bond donors (Lipinski definition) is 3. The molecule has 0 saturated heterocycles. The fraction of sp³-hybridized carbons (Fsp3) is 0.250. The Morgan fingerprint density at radius 3 is 2.38 bits per heavy atom. The van der Waals surface area contributed by atoms with Gasteiger partial charge in [0.15, 0.2) is 0 Å². The smallest absolute Gasteiger partial charge is 0.331 e. The Morgan fingerprint density at radius 1 is 1.08 bits per heavy atom. The van der Waals surface area contributed by atoms with Crippen LogP contribution in [-0.4, -0.2) is 35.8 Å². The first-order chi connectivity index (χ1) is 17.8. The number of carboxylic acid groups (broad SMARTS) is 1. The highest BCUT2D eigenvalue weighted by Gasteiger charge is 2.28. The van der Waals surface area contributed by atoms with Gasteiger partial charge in [-0.05, 0) is 31.4 Å². The van der Waals surface area contributed by atoms with Crippen LogP contribution in [0.2, 0.25) is 0 Å². The van der Waals surface area contributed by atoms with Crippen LogP contribution in [0.5, 0.6) is 0 Å². The summed E-state index contributed by atoms with van der Waals surface area (Å²) in [5, 5.41) is 19.3. The van der Waals surface area contributed by atoms with E-state index in [1.807, 2.05) is 54.2 Å². The lowest BCUT2D eigenvalue weighted by Crippen LogP contribution is -2.16. The molecule has 4 N–H and O–H groups in total. The minimum atomic E-state index is -0.833. The number of carbonyl (C=O) groups is 1. The van der Waals surface area contributed by atoms with E-state index in [1.54, 1.807) is 4.57 Å². The first kappa shape index (κ1) is 24.2. The summed E-state index contributed by atoms with van der Waals surface area (Å²) in [5.74, 6) is -0.833. The standard InChI is InChI=1S/C26H24N6O.C2H4O2/c1-30-15-24(19-7-3-4-8-22(19)30)32-25(21(13-27)29-26(32)33)20-14-31(17-11-10-16(28)12-17)23-9-5-2-6-18(20)23;1-2(3)4/h2-9,14-17H,10-12,28H2,1H3,(H,29,33);1H3,(H,3,4). The Hall–Kier alpha value is -4.55. The maximum Gasteiger partial charge on any atom is 0.331 e. The predicted molar refractivity (Wildman–Crippen MR) is 143 cm³/mol. The molecule has 1 fully saturated rings. The summed E-state index contributed by atoms with van der Waals surface area (Å²) in [5.41, 5.74) is 10.5. The molecule has 0 aliphatic heterocycles. The third kappa shape index (κ3) is 4.21. The Bertz CT molecular complexity index is 1720. The van der Waals surface area contributed by atoms with Gasteiger partial charge in [-0.15, -0.1) is 0 Å². The van der Waals surface area contributed by atoms with Crippen LogP contribution in [0.4, 0.5) is 0 Å². The van der Waals surface area contributed by atoms with Gasteiger partial charge in [0.05, 0.1) is 11.4 Å². The molecule has 3 heterocycles. The molecule has 9 nitrogen and oxygen atoms in total. The quantitative estimate of drug-likeness (QED) is 0.342. The number of imidazole rings is 1. The molecule has 9 heteroatoms. The first-order valence-electron chi connectivity index (χ1n) is 12.1. The fourth-order valence-electron chi connectivity index (χ4n) is 5.44. The second-order valence-corrected chi connectivity index (χ2v) is 9.46. The molecule has 3 aromatic heterocycles. The van der Waals surface area contributed by atoms with E-state index in [4.69, 9.17) is 15.6 Å². The first-order valence-corrected chi connectivity index (χ1v) is 12.1. The van der Waals surface area contributed by atoms with Gasteiger partial charge in [-0.25, -0.2) is 4.79 Å². The van der Waals surface area contributed by atoms with E-state index in [2.05, 4.69) is 33.9 Å². The lowest BCUT2D eigenvalue weighted by atomic mass is 10.1. The van der Waals surface area contributed by atoms with Gasteiger partial charge >= 0.3 is 5.69 Å². The number of nitrogens with zero attached hydrogens (tertiary/aromatic N) is 4. The number of aromatic amines is 1. The molecular weight excluding hydrogens is 468 g/mol. The van der Waals surface area contributed by atoms with Gasteiger partial charge in [-0.3, -0.25) is 14.3 Å². The highest BCUT2D eigenvalue weighted by molar-refractivity contribution is 5.98. The molecule has 1 aliphatic carbocycles. The van der Waals surface area contributed by atoms with Gasteiger partial charge in [0.1, 0.15) is 11.8 Å². The zero-order valence-corrected chi connectivity index (χ0v) is 20.7. The molecule has 188 valence electrons. The SMILES string of the molecule is CC(=O)O.Cn1cc(-n2c(-c3cn(C4CCC(N)C4)c4ccccc34)c(C#N)[nH]c2=O)c2ccccc21. The van der Waals surface area contributed by atoms with Crippen molar-refractivity contribution in [3.8, 4) is 23.0 Å². The molecule has 0 amide bonds. The number of aromatic nitrogens is 4. The van der Waals surface area contributed by atoms with Crippen LogP contribution in [0.25, 0.3) is 38.8 Å². The maximum absolute atomic E-state index is 13.2. The van der Waals surface area contributed by atoms with Crippen LogP contribution in [0.15, 0.2) is 65.7 Å². The summed E-state index contributed by atoms with van der Waals surface area (Å²) < 4.78 is 5.93. The zero-order chi connectivity index (χ0) is 26.3. The lowest BCUT2D eigenvalue weighted by molar-refractivity contribution is -0.134. The molecule has 37 heavy (non-hydrogen) atoms. The Kier molecular flexibility index (Phi) is 6.19. The molecular formula is C28H28N6O3. The van der Waals surface area contributed by atoms with Crippen LogP contribution < -0.4 is 11.4 Å². The van der Waals surface area contributed by atoms with Crippen LogP contribution in [0, 0.1) is 11.3 Å². The average molecular weight is 497 g/mol. The van der Waals surface area contributed by atoms with Crippen molar-refractivity contribution in [2.45, 2.75) is 38.3 Å². The monoisotopic (exact) mass is 496 g/mol. The minimum Gasteiger partial charge on any atom is -0.481 e. The van der Waals surface area contributed by atoms with Gasteiger partial charge in [0, 0.05) is 65.8 Å². The fourth-order valence-corrected chi connectivity index (χ4v) is 5.44. The molecule has 0 spiro atoms. The summed E-state index contributed by atoms with van der Waals surface area (Å²) in [6.07, 6.45) is 6.99. The normalized spacial score (nSPS) is 17.0. The van der Waals surface area contributed by atoms with E-state index >= 15 is 0 Å². The predicted octanol–water partition coefficient (Wildman–Crippen LogP) is 4.29. The van der Waals surface area contributed by atoms with Crippen molar-refractivity contribution in [2.75, 3.05) is 0 Å². The number of nitriles is 1. The maximum atomic E-state index is 13.2. The number of nitrogens with two attached hydrogens (primary N) is 1. The second kappa shape index (κ2) is 9.48. The lowest BCUT2D eigenvalue weighted by Gasteiger charge is -2.13. The third-order valence-corrected chi connectivity index (χ3v) is 6.96. The molecule has 6 rings (SSSR count). The van der Waals surface area contributed by atoms with Gasteiger partial charge in [0.2, 0.25) is 0 Å². The summed E-state index contributed by atoms with van der Waals surface area (Å²) in [7, 11) is 1.96. The number of H-pyrrole nitrogens is 1. The average Bonchev–Trinajstić information content (AvgIpc) is 3.62. The van der Waals surface area contributed by atoms with Crippen LogP contribution in [0.1, 0.15) is 37.9 Å². The summed E-state index contributed by atoms with van der Waals surface area (Å²) in [4.78, 5) is 25.0. The zero-order valence-electron chi connectivity index (χ0n) is 20.7. The van der Waals surface area contributed by atoms with Crippen molar-refractivity contribution in [1.29, 1.82) is 5.26 Å². The van der Waals surface area contributed by atoms with E-state index in [0.29, 0.717) is 11.7 Å². The second-order valence-electron chi connectivity index (χ2n) is 9.46. The molecule has 2 aromatic carbocycles. The van der Waals surface area contributed by atoms with E-state index in [1.165, 1.54) is 0 Å². The number of carboxylic acids is 1. The number of hydrogen-bond acceptors (Lipinski definition) is 4. The van der Waals surface area contributed by atoms with Gasteiger partial charge in [0.25, 0.3) is 5.97 Å². The summed E-state index contributed by atoms with van der Waals surface area (Å²) in [6.45, 7) is 1.08. The third-order valence-electron chi connectivity index (χ3n) is 6.96. The number of rotatable bonds is 3. The van der Waals surface area contributed by atoms with Crippen LogP contribution >= 0.6 is 0 Å². The highest BCUT2D eigenvalue weighted by atomic mass is 16.4. The molecule has 1 aliphatic rings. The molecule has 0 radical (unpaired) electrons. The topological polar surface area (TPSA) is 135 Å². The van der Waals surface area contributed by atoms with E-state index in [0.717, 1.165) is 59.2 Å². The highest BCUT2D eigenvalue weighted by Crippen LogP contribution is 2.39. The molecule has 2 atom stereocenters.